The molecule has 4 heteroatoms. The van der Waals surface area contributed by atoms with Gasteiger partial charge in [0.2, 0.25) is 0 Å². The molecule has 0 atom stereocenters. The van der Waals surface area contributed by atoms with E-state index in [1.165, 1.54) is 0 Å². The average molecular weight is 156 g/mol. The minimum Gasteiger partial charge on any atom is -0.372 e. The quantitative estimate of drug-likeness (QED) is 0.656. The highest BCUT2D eigenvalue weighted by atomic mass is 16.5. The van der Waals surface area contributed by atoms with Crippen molar-refractivity contribution in [2.45, 2.75) is 26.9 Å². The van der Waals surface area contributed by atoms with Crippen molar-refractivity contribution in [3.05, 3.63) is 11.7 Å². The zero-order valence-electron chi connectivity index (χ0n) is 6.83. The second kappa shape index (κ2) is 4.08. The Balaban J connectivity index is 2.44. The summed E-state index contributed by atoms with van der Waals surface area (Å²) in [6.07, 6.45) is 0.801. The number of ether oxygens (including phenoxy) is 1. The van der Waals surface area contributed by atoms with Gasteiger partial charge in [0.1, 0.15) is 6.61 Å². The summed E-state index contributed by atoms with van der Waals surface area (Å²) in [5, 5.41) is 3.72. The lowest BCUT2D eigenvalue weighted by Crippen LogP contribution is -1.92. The molecule has 0 N–H and O–H groups in total. The van der Waals surface area contributed by atoms with Gasteiger partial charge in [-0.3, -0.25) is 0 Å². The second-order valence-electron chi connectivity index (χ2n) is 2.10. The average Bonchev–Trinajstić information content (AvgIpc) is 2.48. The molecule has 0 saturated heterocycles. The van der Waals surface area contributed by atoms with Crippen LogP contribution in [0.25, 0.3) is 0 Å². The Morgan fingerprint density at radius 2 is 2.27 bits per heavy atom. The fraction of sp³-hybridized carbons (Fsp3) is 0.714. The van der Waals surface area contributed by atoms with Crippen molar-refractivity contribution in [2.75, 3.05) is 6.61 Å². The molecule has 0 aliphatic rings. The van der Waals surface area contributed by atoms with Crippen LogP contribution in [-0.4, -0.2) is 16.7 Å². The first kappa shape index (κ1) is 8.20. The first-order valence-corrected chi connectivity index (χ1v) is 3.76. The standard InChI is InChI=1S/C7H12N2O2/c1-3-6-8-7(11-9-6)5-10-4-2/h3-5H2,1-2H3. The van der Waals surface area contributed by atoms with Crippen molar-refractivity contribution in [1.29, 1.82) is 0 Å². The Labute approximate surface area is 65.6 Å². The zero-order chi connectivity index (χ0) is 8.10. The van der Waals surface area contributed by atoms with E-state index in [2.05, 4.69) is 10.1 Å². The highest BCUT2D eigenvalue weighted by Crippen LogP contribution is 1.98. The maximum atomic E-state index is 5.08. The summed E-state index contributed by atoms with van der Waals surface area (Å²) in [5.74, 6) is 1.29. The number of rotatable bonds is 4. The second-order valence-corrected chi connectivity index (χ2v) is 2.10. The highest BCUT2D eigenvalue weighted by Gasteiger charge is 2.02. The van der Waals surface area contributed by atoms with E-state index in [4.69, 9.17) is 9.26 Å². The first-order chi connectivity index (χ1) is 5.36. The van der Waals surface area contributed by atoms with Gasteiger partial charge in [0, 0.05) is 13.0 Å². The molecule has 0 spiro atoms. The van der Waals surface area contributed by atoms with Gasteiger partial charge in [-0.05, 0) is 6.92 Å². The van der Waals surface area contributed by atoms with Crippen LogP contribution < -0.4 is 0 Å². The fourth-order valence-electron chi connectivity index (χ4n) is 0.682. The number of aromatic nitrogens is 2. The molecule has 0 bridgehead atoms. The van der Waals surface area contributed by atoms with E-state index in [0.29, 0.717) is 19.1 Å². The van der Waals surface area contributed by atoms with E-state index in [9.17, 15) is 0 Å². The van der Waals surface area contributed by atoms with Crippen molar-refractivity contribution >= 4 is 0 Å². The first-order valence-electron chi connectivity index (χ1n) is 3.76. The summed E-state index contributed by atoms with van der Waals surface area (Å²) in [4.78, 5) is 4.06. The van der Waals surface area contributed by atoms with Gasteiger partial charge in [-0.25, -0.2) is 0 Å². The maximum Gasteiger partial charge on any atom is 0.252 e. The van der Waals surface area contributed by atoms with Crippen molar-refractivity contribution in [1.82, 2.24) is 10.1 Å². The Hall–Kier alpha value is -0.900. The third-order valence-corrected chi connectivity index (χ3v) is 1.26. The predicted octanol–water partition coefficient (Wildman–Crippen LogP) is 1.17. The lowest BCUT2D eigenvalue weighted by Gasteiger charge is -1.91. The van der Waals surface area contributed by atoms with Crippen LogP contribution in [-0.2, 0) is 17.8 Å². The molecule has 1 rings (SSSR count). The lowest BCUT2D eigenvalue weighted by atomic mass is 10.5. The zero-order valence-corrected chi connectivity index (χ0v) is 6.83. The van der Waals surface area contributed by atoms with Gasteiger partial charge >= 0.3 is 0 Å². The molecule has 0 amide bonds. The van der Waals surface area contributed by atoms with Crippen LogP contribution in [0.1, 0.15) is 25.6 Å². The van der Waals surface area contributed by atoms with E-state index in [0.717, 1.165) is 12.2 Å². The molecule has 4 nitrogen and oxygen atoms in total. The Morgan fingerprint density at radius 1 is 1.45 bits per heavy atom. The summed E-state index contributed by atoms with van der Waals surface area (Å²) >= 11 is 0. The van der Waals surface area contributed by atoms with Crippen LogP contribution in [0.4, 0.5) is 0 Å². The Bertz CT molecular complexity index is 210. The summed E-state index contributed by atoms with van der Waals surface area (Å²) < 4.78 is 9.95. The van der Waals surface area contributed by atoms with E-state index in [1.807, 2.05) is 13.8 Å². The van der Waals surface area contributed by atoms with Gasteiger partial charge in [-0.1, -0.05) is 12.1 Å². The third kappa shape index (κ3) is 2.31. The van der Waals surface area contributed by atoms with Crippen LogP contribution in [0.2, 0.25) is 0 Å². The largest absolute Gasteiger partial charge is 0.372 e. The topological polar surface area (TPSA) is 48.2 Å². The molecular weight excluding hydrogens is 144 g/mol. The van der Waals surface area contributed by atoms with Crippen LogP contribution in [0.5, 0.6) is 0 Å². The van der Waals surface area contributed by atoms with Gasteiger partial charge in [0.15, 0.2) is 5.82 Å². The van der Waals surface area contributed by atoms with Gasteiger partial charge in [0.25, 0.3) is 5.89 Å². The summed E-state index contributed by atoms with van der Waals surface area (Å²) in [7, 11) is 0. The minimum absolute atomic E-state index is 0.420. The number of hydrogen-bond donors (Lipinski definition) is 0. The third-order valence-electron chi connectivity index (χ3n) is 1.26. The van der Waals surface area contributed by atoms with E-state index in [-0.39, 0.29) is 0 Å². The van der Waals surface area contributed by atoms with Gasteiger partial charge < -0.3 is 9.26 Å². The number of aryl methyl sites for hydroxylation is 1. The van der Waals surface area contributed by atoms with Gasteiger partial charge in [-0.2, -0.15) is 4.98 Å². The molecule has 0 radical (unpaired) electrons. The Kier molecular flexibility index (Phi) is 3.04. The van der Waals surface area contributed by atoms with Crippen molar-refractivity contribution in [3.8, 4) is 0 Å². The number of hydrogen-bond acceptors (Lipinski definition) is 4. The minimum atomic E-state index is 0.420. The lowest BCUT2D eigenvalue weighted by molar-refractivity contribution is 0.109. The Morgan fingerprint density at radius 3 is 2.82 bits per heavy atom. The molecule has 0 unspecified atom stereocenters. The van der Waals surface area contributed by atoms with Crippen molar-refractivity contribution < 1.29 is 9.26 Å². The molecule has 11 heavy (non-hydrogen) atoms. The highest BCUT2D eigenvalue weighted by molar-refractivity contribution is 4.83. The molecule has 62 valence electrons. The maximum absolute atomic E-state index is 5.08. The van der Waals surface area contributed by atoms with E-state index < -0.39 is 0 Å². The van der Waals surface area contributed by atoms with Crippen LogP contribution in [0.3, 0.4) is 0 Å². The predicted molar refractivity (Wildman–Crippen MR) is 39.0 cm³/mol. The molecule has 1 aromatic rings. The van der Waals surface area contributed by atoms with Gasteiger partial charge in [0.05, 0.1) is 0 Å². The molecule has 0 aliphatic heterocycles. The van der Waals surface area contributed by atoms with Gasteiger partial charge in [-0.15, -0.1) is 0 Å². The number of nitrogens with zero attached hydrogens (tertiary/aromatic N) is 2. The molecule has 1 heterocycles. The van der Waals surface area contributed by atoms with E-state index in [1.54, 1.807) is 0 Å². The van der Waals surface area contributed by atoms with Crippen LogP contribution in [0, 0.1) is 0 Å². The van der Waals surface area contributed by atoms with Crippen LogP contribution in [0.15, 0.2) is 4.52 Å². The van der Waals surface area contributed by atoms with Crippen LogP contribution >= 0.6 is 0 Å². The smallest absolute Gasteiger partial charge is 0.252 e. The molecular formula is C7H12N2O2. The fourth-order valence-corrected chi connectivity index (χ4v) is 0.682. The molecule has 0 fully saturated rings. The normalized spacial score (nSPS) is 10.4. The summed E-state index contributed by atoms with van der Waals surface area (Å²) in [6.45, 7) is 5.00. The molecule has 0 aromatic carbocycles. The SMILES string of the molecule is CCOCc1nc(CC)no1. The molecule has 1 aromatic heterocycles. The summed E-state index contributed by atoms with van der Waals surface area (Å²) in [5.41, 5.74) is 0. The monoisotopic (exact) mass is 156 g/mol. The van der Waals surface area contributed by atoms with Crippen molar-refractivity contribution in [2.24, 2.45) is 0 Å². The molecule has 0 saturated carbocycles. The van der Waals surface area contributed by atoms with Crippen molar-refractivity contribution in [3.63, 3.8) is 0 Å². The molecule has 0 aliphatic carbocycles. The summed E-state index contributed by atoms with van der Waals surface area (Å²) in [6, 6.07) is 0. The van der Waals surface area contributed by atoms with E-state index >= 15 is 0 Å².